The summed E-state index contributed by atoms with van der Waals surface area (Å²) in [5, 5.41) is 9.15. The second-order valence-electron chi connectivity index (χ2n) is 4.56. The number of rotatable bonds is 5. The van der Waals surface area contributed by atoms with Crippen molar-refractivity contribution in [2.75, 3.05) is 14.2 Å². The van der Waals surface area contributed by atoms with E-state index in [0.29, 0.717) is 23.0 Å². The van der Waals surface area contributed by atoms with Crippen molar-refractivity contribution in [1.82, 2.24) is 0 Å². The Kier molecular flexibility index (Phi) is 4.59. The molecule has 18 heavy (non-hydrogen) atoms. The molecule has 0 bridgehead atoms. The van der Waals surface area contributed by atoms with E-state index in [4.69, 9.17) is 14.6 Å². The van der Waals surface area contributed by atoms with Crippen LogP contribution in [0.25, 0.3) is 0 Å². The lowest BCUT2D eigenvalue weighted by Gasteiger charge is -2.18. The van der Waals surface area contributed by atoms with Crippen molar-refractivity contribution < 1.29 is 19.4 Å². The van der Waals surface area contributed by atoms with Crippen molar-refractivity contribution in [3.63, 3.8) is 0 Å². The number of aliphatic carboxylic acids is 1. The summed E-state index contributed by atoms with van der Waals surface area (Å²) in [4.78, 5) is 11.2. The number of hydrogen-bond acceptors (Lipinski definition) is 3. The number of carbonyl (C=O) groups is 1. The molecule has 1 rings (SSSR count). The predicted octanol–water partition coefficient (Wildman–Crippen LogP) is 3.02. The molecular weight excluding hydrogens is 232 g/mol. The Morgan fingerprint density at radius 3 is 2.17 bits per heavy atom. The van der Waals surface area contributed by atoms with Crippen LogP contribution in [0.15, 0.2) is 12.1 Å². The molecule has 0 spiro atoms. The van der Waals surface area contributed by atoms with Crippen LogP contribution in [0.1, 0.15) is 43.7 Å². The van der Waals surface area contributed by atoms with E-state index in [1.165, 1.54) is 7.11 Å². The highest BCUT2D eigenvalue weighted by Crippen LogP contribution is 2.38. The van der Waals surface area contributed by atoms with Crippen LogP contribution in [0, 0.1) is 0 Å². The highest BCUT2D eigenvalue weighted by atomic mass is 16.5. The number of carboxylic acids is 1. The van der Waals surface area contributed by atoms with E-state index in [1.54, 1.807) is 14.0 Å². The molecule has 0 heterocycles. The first-order chi connectivity index (χ1) is 8.42. The van der Waals surface area contributed by atoms with Gasteiger partial charge in [-0.3, -0.25) is 4.79 Å². The van der Waals surface area contributed by atoms with Gasteiger partial charge in [-0.15, -0.1) is 0 Å². The topological polar surface area (TPSA) is 55.8 Å². The van der Waals surface area contributed by atoms with Gasteiger partial charge in [-0.05, 0) is 24.5 Å². The molecule has 0 fully saturated rings. The van der Waals surface area contributed by atoms with Gasteiger partial charge in [0.2, 0.25) is 0 Å². The monoisotopic (exact) mass is 252 g/mol. The Morgan fingerprint density at radius 2 is 1.78 bits per heavy atom. The molecule has 0 aliphatic heterocycles. The maximum atomic E-state index is 11.2. The Bertz CT molecular complexity index is 438. The van der Waals surface area contributed by atoms with Gasteiger partial charge in [0.15, 0.2) is 11.5 Å². The van der Waals surface area contributed by atoms with Gasteiger partial charge in [-0.1, -0.05) is 19.9 Å². The van der Waals surface area contributed by atoms with Gasteiger partial charge in [-0.25, -0.2) is 0 Å². The molecule has 0 aromatic heterocycles. The summed E-state index contributed by atoms with van der Waals surface area (Å²) in [5.41, 5.74) is 1.68. The zero-order chi connectivity index (χ0) is 13.9. The number of ether oxygens (including phenoxy) is 2. The quantitative estimate of drug-likeness (QED) is 0.875. The van der Waals surface area contributed by atoms with Crippen molar-refractivity contribution in [2.45, 2.75) is 32.6 Å². The molecule has 0 aliphatic carbocycles. The first-order valence-corrected chi connectivity index (χ1v) is 5.91. The average molecular weight is 252 g/mol. The molecule has 1 N–H and O–H groups in total. The minimum atomic E-state index is -0.878. The zero-order valence-electron chi connectivity index (χ0n) is 11.5. The van der Waals surface area contributed by atoms with Crippen LogP contribution in [-0.4, -0.2) is 25.3 Å². The second-order valence-corrected chi connectivity index (χ2v) is 4.56. The Labute approximate surface area is 108 Å². The molecule has 1 aromatic rings. The summed E-state index contributed by atoms with van der Waals surface area (Å²) in [6.07, 6.45) is 0. The van der Waals surface area contributed by atoms with Crippen LogP contribution in [0.3, 0.4) is 0 Å². The standard InChI is InChI=1S/C14H20O4/c1-8(2)10-6-11(9(3)14(15)16)13(18-5)12(7-10)17-4/h6-9H,1-5H3,(H,15,16). The molecule has 0 saturated carbocycles. The highest BCUT2D eigenvalue weighted by molar-refractivity contribution is 5.77. The van der Waals surface area contributed by atoms with Crippen LogP contribution in [0.4, 0.5) is 0 Å². The maximum Gasteiger partial charge on any atom is 0.310 e. The smallest absolute Gasteiger partial charge is 0.310 e. The van der Waals surface area contributed by atoms with E-state index >= 15 is 0 Å². The van der Waals surface area contributed by atoms with Gasteiger partial charge in [0.1, 0.15) is 0 Å². The fourth-order valence-corrected chi connectivity index (χ4v) is 1.80. The fourth-order valence-electron chi connectivity index (χ4n) is 1.80. The fraction of sp³-hybridized carbons (Fsp3) is 0.500. The zero-order valence-corrected chi connectivity index (χ0v) is 11.5. The Hall–Kier alpha value is -1.71. The molecule has 0 amide bonds. The first-order valence-electron chi connectivity index (χ1n) is 5.91. The molecule has 0 aliphatic rings. The summed E-state index contributed by atoms with van der Waals surface area (Å²) >= 11 is 0. The predicted molar refractivity (Wildman–Crippen MR) is 69.7 cm³/mol. The van der Waals surface area contributed by atoms with Crippen molar-refractivity contribution in [3.8, 4) is 11.5 Å². The number of methoxy groups -OCH3 is 2. The number of hydrogen-bond donors (Lipinski definition) is 1. The summed E-state index contributed by atoms with van der Waals surface area (Å²) < 4.78 is 10.6. The van der Waals surface area contributed by atoms with E-state index < -0.39 is 11.9 Å². The van der Waals surface area contributed by atoms with E-state index in [9.17, 15) is 4.79 Å². The van der Waals surface area contributed by atoms with Gasteiger partial charge in [0, 0.05) is 5.56 Å². The van der Waals surface area contributed by atoms with Gasteiger partial charge in [-0.2, -0.15) is 0 Å². The van der Waals surface area contributed by atoms with Crippen LogP contribution in [-0.2, 0) is 4.79 Å². The molecular formula is C14H20O4. The van der Waals surface area contributed by atoms with Crippen molar-refractivity contribution in [2.24, 2.45) is 0 Å². The largest absolute Gasteiger partial charge is 0.493 e. The molecule has 1 atom stereocenters. The summed E-state index contributed by atoms with van der Waals surface area (Å²) in [6.45, 7) is 5.75. The lowest BCUT2D eigenvalue weighted by atomic mass is 9.93. The number of carboxylic acid groups (broad SMARTS) is 1. The van der Waals surface area contributed by atoms with Gasteiger partial charge in [0.05, 0.1) is 20.1 Å². The second kappa shape index (κ2) is 5.76. The molecule has 1 unspecified atom stereocenters. The van der Waals surface area contributed by atoms with Crippen molar-refractivity contribution >= 4 is 5.97 Å². The lowest BCUT2D eigenvalue weighted by Crippen LogP contribution is -2.10. The summed E-state index contributed by atoms with van der Waals surface area (Å²) in [5.74, 6) is -0.142. The Balaban J connectivity index is 3.44. The Morgan fingerprint density at radius 1 is 1.17 bits per heavy atom. The van der Waals surface area contributed by atoms with Gasteiger partial charge < -0.3 is 14.6 Å². The molecule has 1 aromatic carbocycles. The third-order valence-corrected chi connectivity index (χ3v) is 3.03. The summed E-state index contributed by atoms with van der Waals surface area (Å²) in [7, 11) is 3.07. The van der Waals surface area contributed by atoms with Crippen LogP contribution >= 0.6 is 0 Å². The van der Waals surface area contributed by atoms with E-state index in [2.05, 4.69) is 13.8 Å². The first kappa shape index (κ1) is 14.4. The van der Waals surface area contributed by atoms with Crippen molar-refractivity contribution in [1.29, 1.82) is 0 Å². The van der Waals surface area contributed by atoms with E-state index in [1.807, 2.05) is 12.1 Å². The van der Waals surface area contributed by atoms with E-state index in [-0.39, 0.29) is 0 Å². The summed E-state index contributed by atoms with van der Waals surface area (Å²) in [6, 6.07) is 3.77. The highest BCUT2D eigenvalue weighted by Gasteiger charge is 2.22. The minimum absolute atomic E-state index is 0.296. The molecule has 0 radical (unpaired) electrons. The van der Waals surface area contributed by atoms with E-state index in [0.717, 1.165) is 5.56 Å². The van der Waals surface area contributed by atoms with Crippen molar-refractivity contribution in [3.05, 3.63) is 23.3 Å². The normalized spacial score (nSPS) is 12.3. The lowest BCUT2D eigenvalue weighted by molar-refractivity contribution is -0.138. The molecule has 4 heteroatoms. The van der Waals surface area contributed by atoms with Crippen LogP contribution in [0.5, 0.6) is 11.5 Å². The minimum Gasteiger partial charge on any atom is -0.493 e. The average Bonchev–Trinajstić information content (AvgIpc) is 2.35. The molecule has 4 nitrogen and oxygen atoms in total. The van der Waals surface area contributed by atoms with Gasteiger partial charge >= 0.3 is 5.97 Å². The third-order valence-electron chi connectivity index (χ3n) is 3.03. The van der Waals surface area contributed by atoms with Crippen LogP contribution in [0.2, 0.25) is 0 Å². The maximum absolute atomic E-state index is 11.2. The van der Waals surface area contributed by atoms with Crippen LogP contribution < -0.4 is 9.47 Å². The third kappa shape index (κ3) is 2.75. The number of benzene rings is 1. The molecule has 0 saturated heterocycles. The SMILES string of the molecule is COc1cc(C(C)C)cc(C(C)C(=O)O)c1OC. The molecule has 100 valence electrons. The van der Waals surface area contributed by atoms with Gasteiger partial charge in [0.25, 0.3) is 0 Å².